The lowest BCUT2D eigenvalue weighted by molar-refractivity contribution is -0.147. The molecule has 7 heteroatoms. The van der Waals surface area contributed by atoms with E-state index in [2.05, 4.69) is 6.92 Å². The van der Waals surface area contributed by atoms with Crippen LogP contribution in [0.3, 0.4) is 0 Å². The van der Waals surface area contributed by atoms with Gasteiger partial charge in [-0.3, -0.25) is 4.79 Å². The minimum absolute atomic E-state index is 0.0421. The van der Waals surface area contributed by atoms with E-state index in [4.69, 9.17) is 44.3 Å². The summed E-state index contributed by atoms with van der Waals surface area (Å²) in [5, 5.41) is 1.09. The van der Waals surface area contributed by atoms with Crippen LogP contribution in [0.1, 0.15) is 39.0 Å². The van der Waals surface area contributed by atoms with E-state index < -0.39 is 11.8 Å². The molecular formula is C20H19Cl3O4. The molecule has 0 fully saturated rings. The average molecular weight is 430 g/mol. The van der Waals surface area contributed by atoms with Gasteiger partial charge in [0, 0.05) is 22.5 Å². The molecule has 0 unspecified atom stereocenters. The number of halogens is 3. The minimum Gasteiger partial charge on any atom is -0.452 e. The summed E-state index contributed by atoms with van der Waals surface area (Å²) in [4.78, 5) is 24.1. The lowest BCUT2D eigenvalue weighted by atomic mass is 10.1. The number of unbranched alkanes of at least 4 members (excludes halogenated alkanes) is 3. The van der Waals surface area contributed by atoms with Gasteiger partial charge in [0.2, 0.25) is 5.78 Å². The number of rotatable bonds is 9. The first-order chi connectivity index (χ1) is 12.9. The Morgan fingerprint density at radius 2 is 1.52 bits per heavy atom. The molecule has 27 heavy (non-hydrogen) atoms. The zero-order valence-electron chi connectivity index (χ0n) is 14.8. The maximum Gasteiger partial charge on any atom is 0.380 e. The summed E-state index contributed by atoms with van der Waals surface area (Å²) in [6.07, 6.45) is 3.78. The number of benzene rings is 2. The largest absolute Gasteiger partial charge is 0.452 e. The van der Waals surface area contributed by atoms with Crippen molar-refractivity contribution in [1.82, 2.24) is 0 Å². The standard InChI is InChI=1S/C20H19Cl3O4/c1-2-3-4-5-6-16(24)20(25)27-19-12-14(22)8-10-18(19)26-17-9-7-13(21)11-15(17)23/h7-12H,2-6H2,1H3. The van der Waals surface area contributed by atoms with Gasteiger partial charge in [0.15, 0.2) is 11.5 Å². The molecule has 0 aliphatic rings. The normalized spacial score (nSPS) is 10.5. The van der Waals surface area contributed by atoms with Crippen LogP contribution < -0.4 is 9.47 Å². The van der Waals surface area contributed by atoms with Gasteiger partial charge in [0.05, 0.1) is 5.02 Å². The van der Waals surface area contributed by atoms with E-state index in [1.165, 1.54) is 18.2 Å². The molecule has 0 bridgehead atoms. The van der Waals surface area contributed by atoms with E-state index in [0.29, 0.717) is 27.2 Å². The number of carbonyl (C=O) groups is 2. The van der Waals surface area contributed by atoms with Gasteiger partial charge in [-0.15, -0.1) is 0 Å². The molecule has 0 N–H and O–H groups in total. The Morgan fingerprint density at radius 3 is 2.19 bits per heavy atom. The molecule has 0 heterocycles. The molecule has 0 atom stereocenters. The Hall–Kier alpha value is -1.75. The van der Waals surface area contributed by atoms with Crippen molar-refractivity contribution in [2.45, 2.75) is 39.0 Å². The highest BCUT2D eigenvalue weighted by atomic mass is 35.5. The van der Waals surface area contributed by atoms with Crippen LogP contribution in [0.15, 0.2) is 36.4 Å². The SMILES string of the molecule is CCCCCCC(=O)C(=O)Oc1cc(Cl)ccc1Oc1ccc(Cl)cc1Cl. The summed E-state index contributed by atoms with van der Waals surface area (Å²) >= 11 is 18.0. The minimum atomic E-state index is -0.944. The highest BCUT2D eigenvalue weighted by Gasteiger charge is 2.19. The fraction of sp³-hybridized carbons (Fsp3) is 0.300. The fourth-order valence-corrected chi connectivity index (χ4v) is 2.90. The smallest absolute Gasteiger partial charge is 0.380 e. The summed E-state index contributed by atoms with van der Waals surface area (Å²) in [5.74, 6) is -0.954. The second kappa shape index (κ2) is 10.5. The monoisotopic (exact) mass is 428 g/mol. The Kier molecular flexibility index (Phi) is 8.42. The van der Waals surface area contributed by atoms with Crippen molar-refractivity contribution < 1.29 is 19.1 Å². The molecule has 0 radical (unpaired) electrons. The summed E-state index contributed by atoms with van der Waals surface area (Å²) in [5.41, 5.74) is 0. The van der Waals surface area contributed by atoms with Crippen molar-refractivity contribution in [1.29, 1.82) is 0 Å². The molecule has 2 rings (SSSR count). The number of Topliss-reactive ketones (excluding diaryl/α,β-unsaturated/α-hetero) is 1. The number of ether oxygens (including phenoxy) is 2. The van der Waals surface area contributed by atoms with Crippen molar-refractivity contribution >= 4 is 46.6 Å². The Labute approximate surface area is 173 Å². The third-order valence-electron chi connectivity index (χ3n) is 3.71. The first-order valence-corrected chi connectivity index (χ1v) is 9.71. The van der Waals surface area contributed by atoms with Gasteiger partial charge in [-0.2, -0.15) is 0 Å². The van der Waals surface area contributed by atoms with Crippen molar-refractivity contribution in [2.24, 2.45) is 0 Å². The topological polar surface area (TPSA) is 52.6 Å². The maximum absolute atomic E-state index is 12.1. The average Bonchev–Trinajstić information content (AvgIpc) is 2.62. The second-order valence-corrected chi connectivity index (χ2v) is 7.17. The first kappa shape index (κ1) is 21.5. The number of hydrogen-bond acceptors (Lipinski definition) is 4. The molecule has 4 nitrogen and oxygen atoms in total. The van der Waals surface area contributed by atoms with E-state index >= 15 is 0 Å². The molecule has 0 aliphatic carbocycles. The highest BCUT2D eigenvalue weighted by molar-refractivity contribution is 6.35. The molecule has 0 aromatic heterocycles. The zero-order valence-corrected chi connectivity index (χ0v) is 17.0. The van der Waals surface area contributed by atoms with E-state index in [9.17, 15) is 9.59 Å². The molecule has 2 aromatic rings. The van der Waals surface area contributed by atoms with Crippen molar-refractivity contribution in [3.8, 4) is 17.2 Å². The molecule has 0 saturated heterocycles. The van der Waals surface area contributed by atoms with E-state index in [-0.39, 0.29) is 17.9 Å². The third-order valence-corrected chi connectivity index (χ3v) is 4.47. The quantitative estimate of drug-likeness (QED) is 0.189. The fourth-order valence-electron chi connectivity index (χ4n) is 2.29. The summed E-state index contributed by atoms with van der Waals surface area (Å²) < 4.78 is 10.9. The van der Waals surface area contributed by atoms with Crippen molar-refractivity contribution in [3.63, 3.8) is 0 Å². The zero-order chi connectivity index (χ0) is 19.8. The van der Waals surface area contributed by atoms with Crippen molar-refractivity contribution in [2.75, 3.05) is 0 Å². The van der Waals surface area contributed by atoms with Gasteiger partial charge in [-0.1, -0.05) is 61.0 Å². The lowest BCUT2D eigenvalue weighted by Gasteiger charge is -2.12. The Balaban J connectivity index is 2.11. The molecule has 0 amide bonds. The van der Waals surface area contributed by atoms with Crippen LogP contribution in [-0.4, -0.2) is 11.8 Å². The maximum atomic E-state index is 12.1. The number of ketones is 1. The summed E-state index contributed by atoms with van der Waals surface area (Å²) in [7, 11) is 0. The Morgan fingerprint density at radius 1 is 0.852 bits per heavy atom. The van der Waals surface area contributed by atoms with Crippen LogP contribution in [0.25, 0.3) is 0 Å². The third kappa shape index (κ3) is 6.73. The molecule has 2 aromatic carbocycles. The van der Waals surface area contributed by atoms with Crippen molar-refractivity contribution in [3.05, 3.63) is 51.5 Å². The van der Waals surface area contributed by atoms with E-state index in [1.54, 1.807) is 18.2 Å². The first-order valence-electron chi connectivity index (χ1n) is 8.58. The predicted molar refractivity (Wildman–Crippen MR) is 107 cm³/mol. The molecule has 0 aliphatic heterocycles. The lowest BCUT2D eigenvalue weighted by Crippen LogP contribution is -2.20. The van der Waals surface area contributed by atoms with Crippen LogP contribution in [0.5, 0.6) is 17.2 Å². The van der Waals surface area contributed by atoms with Crippen LogP contribution in [0, 0.1) is 0 Å². The highest BCUT2D eigenvalue weighted by Crippen LogP contribution is 2.37. The Bertz CT molecular complexity index is 821. The van der Waals surface area contributed by atoms with E-state index in [1.807, 2.05) is 0 Å². The van der Waals surface area contributed by atoms with Gasteiger partial charge in [0.1, 0.15) is 5.75 Å². The van der Waals surface area contributed by atoms with Gasteiger partial charge in [-0.05, 0) is 36.8 Å². The van der Waals surface area contributed by atoms with Gasteiger partial charge in [0.25, 0.3) is 0 Å². The predicted octanol–water partition coefficient (Wildman–Crippen LogP) is 6.88. The molecular weight excluding hydrogens is 411 g/mol. The number of carbonyl (C=O) groups excluding carboxylic acids is 2. The van der Waals surface area contributed by atoms with Crippen LogP contribution in [0.2, 0.25) is 15.1 Å². The summed E-state index contributed by atoms with van der Waals surface area (Å²) in [6.45, 7) is 2.07. The number of hydrogen-bond donors (Lipinski definition) is 0. The van der Waals surface area contributed by atoms with E-state index in [0.717, 1.165) is 19.3 Å². The molecule has 0 spiro atoms. The van der Waals surface area contributed by atoms with Crippen LogP contribution >= 0.6 is 34.8 Å². The van der Waals surface area contributed by atoms with Gasteiger partial charge in [-0.25, -0.2) is 4.79 Å². The molecule has 144 valence electrons. The van der Waals surface area contributed by atoms with Crippen LogP contribution in [0.4, 0.5) is 0 Å². The second-order valence-electron chi connectivity index (χ2n) is 5.89. The van der Waals surface area contributed by atoms with Gasteiger partial charge >= 0.3 is 5.97 Å². The van der Waals surface area contributed by atoms with Crippen LogP contribution in [-0.2, 0) is 9.59 Å². The van der Waals surface area contributed by atoms with Gasteiger partial charge < -0.3 is 9.47 Å². The molecule has 0 saturated carbocycles. The number of esters is 1. The summed E-state index contributed by atoms with van der Waals surface area (Å²) in [6, 6.07) is 9.24.